The van der Waals surface area contributed by atoms with E-state index in [1.54, 1.807) is 0 Å². The van der Waals surface area contributed by atoms with E-state index in [1.165, 1.54) is 33.4 Å². The maximum absolute atomic E-state index is 7.50. The molecule has 2 rings (SSSR count). The molecule has 0 heterocycles. The molecular weight excluding hydrogens is 504 g/mol. The SMILES string of the molecule is CCc1cc(CC)cc(CC)c1.CCc1cc(CC)cc(CC)c1.[C-]#[O+].[C-]#[O+].[C-]#[O+].[C-]#[O+].[Cr]=[Cr]. The summed E-state index contributed by atoms with van der Waals surface area (Å²) in [5, 5.41) is 0. The van der Waals surface area contributed by atoms with Gasteiger partial charge < -0.3 is 0 Å². The van der Waals surface area contributed by atoms with Crippen molar-refractivity contribution >= 4 is 0 Å². The van der Waals surface area contributed by atoms with Gasteiger partial charge in [0.25, 0.3) is 0 Å². The predicted octanol–water partition coefficient (Wildman–Crippen LogP) is 6.59. The fourth-order valence-electron chi connectivity index (χ4n) is 2.90. The molecule has 0 radical (unpaired) electrons. The van der Waals surface area contributed by atoms with Crippen molar-refractivity contribution in [3.8, 4) is 0 Å². The third kappa shape index (κ3) is 22.3. The number of benzene rings is 2. The third-order valence-corrected chi connectivity index (χ3v) is 4.67. The van der Waals surface area contributed by atoms with Crippen LogP contribution >= 0.6 is 0 Å². The van der Waals surface area contributed by atoms with Gasteiger partial charge in [0.05, 0.1) is 0 Å². The first kappa shape index (κ1) is 42.6. The molecule has 2 aromatic rings. The van der Waals surface area contributed by atoms with Crippen LogP contribution in [0.5, 0.6) is 0 Å². The van der Waals surface area contributed by atoms with E-state index in [0.29, 0.717) is 0 Å². The summed E-state index contributed by atoms with van der Waals surface area (Å²) in [5.41, 5.74) is 8.87. The van der Waals surface area contributed by atoms with Gasteiger partial charge in [-0.3, -0.25) is 0 Å². The molecule has 0 fully saturated rings. The summed E-state index contributed by atoms with van der Waals surface area (Å²) in [7, 11) is 0. The van der Waals surface area contributed by atoms with Gasteiger partial charge in [-0.05, 0) is 71.9 Å². The number of aryl methyl sites for hydroxylation is 6. The van der Waals surface area contributed by atoms with E-state index in [2.05, 4.69) is 132 Å². The van der Waals surface area contributed by atoms with Gasteiger partial charge in [0, 0.05) is 0 Å². The molecule has 0 saturated heterocycles. The standard InChI is InChI=1S/2C12H18.4CO.2Cr/c2*1-4-10-7-11(5-2)9-12(6-3)8-10;4*1-2;;/h2*7-9H,4-6H2,1-3H3;;;;;;. The molecule has 0 aliphatic rings. The summed E-state index contributed by atoms with van der Waals surface area (Å²) in [5.74, 6) is 0. The summed E-state index contributed by atoms with van der Waals surface area (Å²) < 4.78 is 30.0. The Balaban J connectivity index is -0.000000121. The van der Waals surface area contributed by atoms with E-state index in [0.717, 1.165) is 38.5 Å². The van der Waals surface area contributed by atoms with Crippen LogP contribution in [0.2, 0.25) is 0 Å². The summed E-state index contributed by atoms with van der Waals surface area (Å²) in [4.78, 5) is 0. The van der Waals surface area contributed by atoms with Crippen LogP contribution in [0.1, 0.15) is 74.9 Å². The summed E-state index contributed by atoms with van der Waals surface area (Å²) in [6, 6.07) is 13.9. The average Bonchev–Trinajstić information content (AvgIpc) is 2.97. The molecule has 34 heavy (non-hydrogen) atoms. The van der Waals surface area contributed by atoms with E-state index >= 15 is 0 Å². The molecule has 0 spiro atoms. The Morgan fingerprint density at radius 1 is 0.382 bits per heavy atom. The van der Waals surface area contributed by atoms with Crippen LogP contribution in [0.4, 0.5) is 0 Å². The van der Waals surface area contributed by atoms with Crippen LogP contribution in [0.3, 0.4) is 0 Å². The van der Waals surface area contributed by atoms with E-state index in [-0.39, 0.29) is 0 Å². The Kier molecular flexibility index (Phi) is 45.2. The molecule has 0 amide bonds. The minimum atomic E-state index is 1.15. The molecule has 0 atom stereocenters. The fourth-order valence-corrected chi connectivity index (χ4v) is 2.90. The Hall–Kier alpha value is -1.54. The van der Waals surface area contributed by atoms with Crippen molar-refractivity contribution in [3.63, 3.8) is 0 Å². The zero-order chi connectivity index (χ0) is 27.9. The van der Waals surface area contributed by atoms with Gasteiger partial charge >= 0.3 is 72.9 Å². The van der Waals surface area contributed by atoms with Crippen LogP contribution in [-0.2, 0) is 84.8 Å². The summed E-state index contributed by atoms with van der Waals surface area (Å²) in [6.45, 7) is 31.3. The fraction of sp³-hybridized carbons (Fsp3) is 0.429. The normalized spacial score (nSPS) is 7.59. The molecule has 0 aliphatic heterocycles. The molecular formula is C28H36Cr2O4. The second-order valence-corrected chi connectivity index (χ2v) is 6.44. The Morgan fingerprint density at radius 3 is 0.529 bits per heavy atom. The van der Waals surface area contributed by atoms with Gasteiger partial charge in [-0.25, -0.2) is 0 Å². The van der Waals surface area contributed by atoms with E-state index in [4.69, 9.17) is 18.6 Å². The maximum atomic E-state index is 7.50. The topological polar surface area (TPSA) is 79.6 Å². The first-order chi connectivity index (χ1) is 16.6. The van der Waals surface area contributed by atoms with Crippen LogP contribution < -0.4 is 0 Å². The van der Waals surface area contributed by atoms with Crippen molar-refractivity contribution in [2.75, 3.05) is 0 Å². The Morgan fingerprint density at radius 2 is 0.471 bits per heavy atom. The molecule has 2 aromatic carbocycles. The quantitative estimate of drug-likeness (QED) is 0.293. The van der Waals surface area contributed by atoms with Crippen molar-refractivity contribution < 1.29 is 46.3 Å². The first-order valence-corrected chi connectivity index (χ1v) is 13.5. The molecule has 0 saturated carbocycles. The number of rotatable bonds is 6. The molecule has 0 bridgehead atoms. The van der Waals surface area contributed by atoms with Crippen LogP contribution in [0, 0.1) is 26.6 Å². The van der Waals surface area contributed by atoms with Crippen molar-refractivity contribution in [1.29, 1.82) is 0 Å². The molecule has 0 N–H and O–H groups in total. The van der Waals surface area contributed by atoms with Crippen LogP contribution in [0.25, 0.3) is 0 Å². The van der Waals surface area contributed by atoms with Gasteiger partial charge in [-0.2, -0.15) is 0 Å². The monoisotopic (exact) mass is 540 g/mol. The van der Waals surface area contributed by atoms with Gasteiger partial charge in [0.15, 0.2) is 0 Å². The van der Waals surface area contributed by atoms with Crippen molar-refractivity contribution in [1.82, 2.24) is 0 Å². The minimum absolute atomic E-state index is 1.15. The number of hydrogen-bond donors (Lipinski definition) is 0. The van der Waals surface area contributed by atoms with Crippen LogP contribution in [-0.4, -0.2) is 0 Å². The summed E-state index contributed by atoms with van der Waals surface area (Å²) >= 11 is 5.00. The van der Waals surface area contributed by atoms with Crippen molar-refractivity contribution in [2.45, 2.75) is 80.1 Å². The second-order valence-electron chi connectivity index (χ2n) is 6.44. The molecule has 0 unspecified atom stereocenters. The Bertz CT molecular complexity index is 619. The molecule has 0 aromatic heterocycles. The zero-order valence-corrected chi connectivity index (χ0v) is 23.7. The Labute approximate surface area is 222 Å². The average molecular weight is 541 g/mol. The molecule has 4 nitrogen and oxygen atoms in total. The van der Waals surface area contributed by atoms with Gasteiger partial charge in [0.1, 0.15) is 0 Å². The third-order valence-electron chi connectivity index (χ3n) is 4.67. The molecule has 6 heteroatoms. The zero-order valence-electron chi connectivity index (χ0n) is 21.2. The first-order valence-electron chi connectivity index (χ1n) is 10.8. The van der Waals surface area contributed by atoms with Gasteiger partial charge in [0.2, 0.25) is 0 Å². The van der Waals surface area contributed by atoms with Gasteiger partial charge in [-0.15, -0.1) is 0 Å². The van der Waals surface area contributed by atoms with Crippen molar-refractivity contribution in [3.05, 3.63) is 96.4 Å². The molecule has 184 valence electrons. The van der Waals surface area contributed by atoms with Crippen molar-refractivity contribution in [2.24, 2.45) is 0 Å². The molecule has 0 aliphatic carbocycles. The summed E-state index contributed by atoms with van der Waals surface area (Å²) in [6.07, 6.45) is 6.92. The van der Waals surface area contributed by atoms with E-state index in [9.17, 15) is 0 Å². The van der Waals surface area contributed by atoms with E-state index < -0.39 is 0 Å². The predicted molar refractivity (Wildman–Crippen MR) is 125 cm³/mol. The van der Waals surface area contributed by atoms with Crippen LogP contribution in [0.15, 0.2) is 36.4 Å². The second kappa shape index (κ2) is 36.0. The number of hydrogen-bond acceptors (Lipinski definition) is 0. The van der Waals surface area contributed by atoms with E-state index in [1.807, 2.05) is 0 Å². The van der Waals surface area contributed by atoms with Gasteiger partial charge in [-0.1, -0.05) is 77.9 Å².